The Morgan fingerprint density at radius 1 is 1.33 bits per heavy atom. The van der Waals surface area contributed by atoms with Crippen molar-refractivity contribution in [3.63, 3.8) is 0 Å². The standard InChI is InChI=1S/C21H28N2O/c1-4-15-13-23-10-8-16(15)11-21(23)14(2)18-7-9-22-20-6-5-17(24-3)12-19(18)20/h5-7,9,12,14-16,21H,4,8,10-11,13H2,1-3H3/t14-,15-,16?,21?/m0/s1. The van der Waals surface area contributed by atoms with Crippen LogP contribution in [-0.2, 0) is 0 Å². The zero-order chi connectivity index (χ0) is 16.7. The molecule has 0 radical (unpaired) electrons. The number of pyridine rings is 1. The fraction of sp³-hybridized carbons (Fsp3) is 0.571. The maximum Gasteiger partial charge on any atom is 0.119 e. The predicted octanol–water partition coefficient (Wildman–Crippen LogP) is 4.47. The van der Waals surface area contributed by atoms with Crippen LogP contribution in [0.2, 0.25) is 0 Å². The molecule has 3 heteroatoms. The van der Waals surface area contributed by atoms with Gasteiger partial charge in [0.1, 0.15) is 5.75 Å². The number of hydrogen-bond donors (Lipinski definition) is 0. The number of piperidine rings is 3. The third kappa shape index (κ3) is 2.59. The molecule has 5 rings (SSSR count). The molecule has 3 unspecified atom stereocenters. The van der Waals surface area contributed by atoms with Crippen LogP contribution in [0.15, 0.2) is 30.5 Å². The average molecular weight is 324 g/mol. The molecule has 2 bridgehead atoms. The molecule has 3 nitrogen and oxygen atoms in total. The lowest BCUT2D eigenvalue weighted by atomic mass is 9.71. The normalized spacial score (nSPS) is 30.5. The Balaban J connectivity index is 1.68. The second-order valence-corrected chi connectivity index (χ2v) is 7.59. The molecule has 2 aromatic rings. The van der Waals surface area contributed by atoms with Crippen LogP contribution in [0.25, 0.3) is 10.9 Å². The van der Waals surface area contributed by atoms with Crippen molar-refractivity contribution in [2.75, 3.05) is 20.2 Å². The molecule has 0 amide bonds. The Morgan fingerprint density at radius 2 is 2.21 bits per heavy atom. The van der Waals surface area contributed by atoms with Gasteiger partial charge < -0.3 is 4.74 Å². The summed E-state index contributed by atoms with van der Waals surface area (Å²) in [5, 5.41) is 1.25. The molecule has 1 aromatic carbocycles. The molecule has 4 heterocycles. The first-order valence-electron chi connectivity index (χ1n) is 9.38. The van der Waals surface area contributed by atoms with Crippen molar-refractivity contribution in [2.24, 2.45) is 11.8 Å². The fourth-order valence-electron chi connectivity index (χ4n) is 5.04. The molecule has 3 fully saturated rings. The van der Waals surface area contributed by atoms with Gasteiger partial charge in [0, 0.05) is 24.2 Å². The minimum atomic E-state index is 0.531. The van der Waals surface area contributed by atoms with Crippen molar-refractivity contribution in [3.8, 4) is 5.75 Å². The van der Waals surface area contributed by atoms with Gasteiger partial charge in [-0.05, 0) is 67.0 Å². The molecule has 24 heavy (non-hydrogen) atoms. The van der Waals surface area contributed by atoms with E-state index in [2.05, 4.69) is 41.9 Å². The molecule has 3 saturated heterocycles. The molecule has 0 N–H and O–H groups in total. The van der Waals surface area contributed by atoms with E-state index in [-0.39, 0.29) is 0 Å². The first-order chi connectivity index (χ1) is 11.7. The van der Waals surface area contributed by atoms with Crippen LogP contribution in [0.5, 0.6) is 5.75 Å². The maximum atomic E-state index is 5.44. The van der Waals surface area contributed by atoms with Gasteiger partial charge >= 0.3 is 0 Å². The summed E-state index contributed by atoms with van der Waals surface area (Å²) in [6, 6.07) is 9.11. The van der Waals surface area contributed by atoms with Gasteiger partial charge in [-0.1, -0.05) is 20.3 Å². The zero-order valence-electron chi connectivity index (χ0n) is 15.0. The summed E-state index contributed by atoms with van der Waals surface area (Å²) in [4.78, 5) is 7.30. The summed E-state index contributed by atoms with van der Waals surface area (Å²) in [6.45, 7) is 7.33. The molecule has 5 atom stereocenters. The number of benzene rings is 1. The highest BCUT2D eigenvalue weighted by molar-refractivity contribution is 5.84. The molecule has 3 aliphatic rings. The molecule has 3 aliphatic heterocycles. The smallest absolute Gasteiger partial charge is 0.119 e. The number of nitrogens with zero attached hydrogens (tertiary/aromatic N) is 2. The van der Waals surface area contributed by atoms with E-state index in [0.29, 0.717) is 12.0 Å². The van der Waals surface area contributed by atoms with E-state index in [1.54, 1.807) is 7.11 Å². The van der Waals surface area contributed by atoms with E-state index in [9.17, 15) is 0 Å². The Kier molecular flexibility index (Phi) is 4.21. The van der Waals surface area contributed by atoms with E-state index in [4.69, 9.17) is 4.74 Å². The summed E-state index contributed by atoms with van der Waals surface area (Å²) in [5.41, 5.74) is 2.49. The Hall–Kier alpha value is -1.61. The molecule has 0 saturated carbocycles. The highest BCUT2D eigenvalue weighted by atomic mass is 16.5. The molecular weight excluding hydrogens is 296 g/mol. The Bertz CT molecular complexity index is 729. The van der Waals surface area contributed by atoms with Gasteiger partial charge in [-0.25, -0.2) is 0 Å². The number of aromatic nitrogens is 1. The third-order valence-corrected chi connectivity index (χ3v) is 6.51. The van der Waals surface area contributed by atoms with E-state index >= 15 is 0 Å². The second kappa shape index (κ2) is 6.36. The highest BCUT2D eigenvalue weighted by Gasteiger charge is 2.41. The van der Waals surface area contributed by atoms with Crippen LogP contribution in [0.4, 0.5) is 0 Å². The number of fused-ring (bicyclic) bond motifs is 4. The Morgan fingerprint density at radius 3 is 2.92 bits per heavy atom. The second-order valence-electron chi connectivity index (χ2n) is 7.59. The first kappa shape index (κ1) is 15.9. The quantitative estimate of drug-likeness (QED) is 0.830. The largest absolute Gasteiger partial charge is 0.497 e. The number of hydrogen-bond acceptors (Lipinski definition) is 3. The highest BCUT2D eigenvalue weighted by Crippen LogP contribution is 2.43. The van der Waals surface area contributed by atoms with Gasteiger partial charge in [0.15, 0.2) is 0 Å². The van der Waals surface area contributed by atoms with Crippen LogP contribution in [0.1, 0.15) is 44.6 Å². The molecule has 128 valence electrons. The van der Waals surface area contributed by atoms with Gasteiger partial charge in [0.2, 0.25) is 0 Å². The average Bonchev–Trinajstić information content (AvgIpc) is 2.66. The lowest BCUT2D eigenvalue weighted by molar-refractivity contribution is -0.00896. The van der Waals surface area contributed by atoms with Crippen molar-refractivity contribution < 1.29 is 4.74 Å². The van der Waals surface area contributed by atoms with Crippen LogP contribution in [-0.4, -0.2) is 36.1 Å². The molecular formula is C21H28N2O. The van der Waals surface area contributed by atoms with Crippen molar-refractivity contribution in [1.29, 1.82) is 0 Å². The minimum absolute atomic E-state index is 0.531. The van der Waals surface area contributed by atoms with Gasteiger partial charge in [-0.2, -0.15) is 0 Å². The summed E-state index contributed by atoms with van der Waals surface area (Å²) < 4.78 is 5.44. The summed E-state index contributed by atoms with van der Waals surface area (Å²) >= 11 is 0. The number of methoxy groups -OCH3 is 1. The van der Waals surface area contributed by atoms with Gasteiger partial charge in [0.05, 0.1) is 12.6 Å². The van der Waals surface area contributed by atoms with E-state index < -0.39 is 0 Å². The molecule has 0 aliphatic carbocycles. The lowest BCUT2D eigenvalue weighted by Gasteiger charge is -2.52. The molecule has 0 spiro atoms. The lowest BCUT2D eigenvalue weighted by Crippen LogP contribution is -2.54. The van der Waals surface area contributed by atoms with Gasteiger partial charge in [-0.15, -0.1) is 0 Å². The van der Waals surface area contributed by atoms with Crippen molar-refractivity contribution in [3.05, 3.63) is 36.0 Å². The van der Waals surface area contributed by atoms with Crippen LogP contribution in [0.3, 0.4) is 0 Å². The number of ether oxygens (including phenoxy) is 1. The summed E-state index contributed by atoms with van der Waals surface area (Å²) in [6.07, 6.45) is 6.05. The predicted molar refractivity (Wildman–Crippen MR) is 98.6 cm³/mol. The summed E-state index contributed by atoms with van der Waals surface area (Å²) in [5.74, 6) is 3.29. The fourth-order valence-corrected chi connectivity index (χ4v) is 5.04. The van der Waals surface area contributed by atoms with Crippen molar-refractivity contribution in [1.82, 2.24) is 9.88 Å². The maximum absolute atomic E-state index is 5.44. The summed E-state index contributed by atoms with van der Waals surface area (Å²) in [7, 11) is 1.73. The van der Waals surface area contributed by atoms with E-state index in [1.165, 1.54) is 43.3 Å². The van der Waals surface area contributed by atoms with Crippen molar-refractivity contribution in [2.45, 2.75) is 45.1 Å². The first-order valence-corrected chi connectivity index (χ1v) is 9.38. The SMILES string of the molecule is CC[C@H]1CN2CCC1CC2[C@@H](C)c1ccnc2ccc(OC)cc12. The third-order valence-electron chi connectivity index (χ3n) is 6.51. The van der Waals surface area contributed by atoms with Gasteiger partial charge in [0.25, 0.3) is 0 Å². The molecule has 1 aromatic heterocycles. The van der Waals surface area contributed by atoms with Crippen LogP contribution < -0.4 is 4.74 Å². The zero-order valence-corrected chi connectivity index (χ0v) is 15.0. The van der Waals surface area contributed by atoms with Crippen molar-refractivity contribution >= 4 is 10.9 Å². The Labute approximate surface area is 145 Å². The van der Waals surface area contributed by atoms with Crippen LogP contribution in [0, 0.1) is 11.8 Å². The monoisotopic (exact) mass is 324 g/mol. The minimum Gasteiger partial charge on any atom is -0.497 e. The van der Waals surface area contributed by atoms with E-state index in [0.717, 1.165) is 23.1 Å². The van der Waals surface area contributed by atoms with E-state index in [1.807, 2.05) is 12.3 Å². The van der Waals surface area contributed by atoms with Crippen LogP contribution >= 0.6 is 0 Å². The van der Waals surface area contributed by atoms with Gasteiger partial charge in [-0.3, -0.25) is 9.88 Å². The number of rotatable bonds is 4. The topological polar surface area (TPSA) is 25.4 Å².